The fraction of sp³-hybridized carbons (Fsp3) is 0.941. The highest BCUT2D eigenvalue weighted by Gasteiger charge is 2.31. The van der Waals surface area contributed by atoms with E-state index in [2.05, 4.69) is 16.8 Å². The zero-order valence-corrected chi connectivity index (χ0v) is 13.4. The Morgan fingerprint density at radius 2 is 1.62 bits per heavy atom. The first kappa shape index (κ1) is 15.3. The number of hydrogen-bond donors (Lipinski definition) is 0. The van der Waals surface area contributed by atoms with E-state index in [1.165, 1.54) is 38.8 Å². The van der Waals surface area contributed by atoms with Gasteiger partial charge in [0, 0.05) is 32.7 Å². The molecule has 0 aliphatic carbocycles. The zero-order valence-electron chi connectivity index (χ0n) is 13.4. The van der Waals surface area contributed by atoms with Gasteiger partial charge in [0.2, 0.25) is 5.91 Å². The maximum atomic E-state index is 12.3. The number of carbonyl (C=O) groups is 1. The molecule has 3 aliphatic heterocycles. The molecule has 3 saturated heterocycles. The minimum atomic E-state index is 0.368. The maximum Gasteiger partial charge on any atom is 0.222 e. The molecule has 0 radical (unpaired) electrons. The number of ether oxygens (including phenoxy) is 1. The molecule has 0 unspecified atom stereocenters. The van der Waals surface area contributed by atoms with E-state index in [1.807, 2.05) is 0 Å². The lowest BCUT2D eigenvalue weighted by molar-refractivity contribution is -0.134. The first-order valence-corrected chi connectivity index (χ1v) is 8.76. The van der Waals surface area contributed by atoms with Gasteiger partial charge < -0.3 is 14.5 Å². The Bertz CT molecular complexity index is 339. The standard InChI is InChI=1S/C17H30N2O2/c1-18-7-2-15(3-8-18)16-4-9-19(10-5-16)17(20)12-14-6-11-21-13-14/h14-16H,2-13H2,1H3/t14-/m0/s1. The summed E-state index contributed by atoms with van der Waals surface area (Å²) in [6.45, 7) is 6.12. The summed E-state index contributed by atoms with van der Waals surface area (Å²) in [7, 11) is 2.23. The van der Waals surface area contributed by atoms with Gasteiger partial charge in [-0.2, -0.15) is 0 Å². The molecule has 0 saturated carbocycles. The van der Waals surface area contributed by atoms with Crippen LogP contribution in [-0.2, 0) is 9.53 Å². The molecule has 0 N–H and O–H groups in total. The van der Waals surface area contributed by atoms with Crippen molar-refractivity contribution in [3.05, 3.63) is 0 Å². The van der Waals surface area contributed by atoms with Crippen LogP contribution in [0.4, 0.5) is 0 Å². The Kier molecular flexibility index (Phi) is 5.17. The maximum absolute atomic E-state index is 12.3. The van der Waals surface area contributed by atoms with Gasteiger partial charge in [0.1, 0.15) is 0 Å². The van der Waals surface area contributed by atoms with E-state index in [4.69, 9.17) is 4.74 Å². The smallest absolute Gasteiger partial charge is 0.222 e. The normalized spacial score (nSPS) is 30.0. The summed E-state index contributed by atoms with van der Waals surface area (Å²) < 4.78 is 5.38. The molecule has 1 atom stereocenters. The highest BCUT2D eigenvalue weighted by Crippen LogP contribution is 2.32. The van der Waals surface area contributed by atoms with Gasteiger partial charge in [0.05, 0.1) is 0 Å². The molecule has 0 spiro atoms. The van der Waals surface area contributed by atoms with Gasteiger partial charge in [0.25, 0.3) is 0 Å². The molecule has 0 aromatic carbocycles. The van der Waals surface area contributed by atoms with E-state index in [0.717, 1.165) is 44.6 Å². The number of nitrogens with zero attached hydrogens (tertiary/aromatic N) is 2. The van der Waals surface area contributed by atoms with Crippen LogP contribution in [0.15, 0.2) is 0 Å². The quantitative estimate of drug-likeness (QED) is 0.798. The molecule has 3 heterocycles. The number of hydrogen-bond acceptors (Lipinski definition) is 3. The Balaban J connectivity index is 1.41. The van der Waals surface area contributed by atoms with Crippen molar-refractivity contribution in [3.63, 3.8) is 0 Å². The Labute approximate surface area is 128 Å². The topological polar surface area (TPSA) is 32.8 Å². The van der Waals surface area contributed by atoms with Crippen LogP contribution in [0.5, 0.6) is 0 Å². The van der Waals surface area contributed by atoms with Crippen LogP contribution in [0.25, 0.3) is 0 Å². The predicted octanol–water partition coefficient (Wildman–Crippen LogP) is 1.99. The van der Waals surface area contributed by atoms with E-state index in [9.17, 15) is 4.79 Å². The van der Waals surface area contributed by atoms with Crippen molar-refractivity contribution >= 4 is 5.91 Å². The summed E-state index contributed by atoms with van der Waals surface area (Å²) in [6, 6.07) is 0. The SMILES string of the molecule is CN1CCC(C2CCN(C(=O)C[C@@H]3CCOC3)CC2)CC1. The Morgan fingerprint density at radius 1 is 1.00 bits per heavy atom. The average molecular weight is 294 g/mol. The second kappa shape index (κ2) is 7.10. The lowest BCUT2D eigenvalue weighted by Crippen LogP contribution is -2.42. The summed E-state index contributed by atoms with van der Waals surface area (Å²) in [5, 5.41) is 0. The summed E-state index contributed by atoms with van der Waals surface area (Å²) in [4.78, 5) is 16.9. The van der Waals surface area contributed by atoms with Gasteiger partial charge in [-0.3, -0.25) is 4.79 Å². The molecule has 4 heteroatoms. The van der Waals surface area contributed by atoms with E-state index < -0.39 is 0 Å². The Morgan fingerprint density at radius 3 is 2.19 bits per heavy atom. The van der Waals surface area contributed by atoms with Crippen molar-refractivity contribution < 1.29 is 9.53 Å². The summed E-state index contributed by atoms with van der Waals surface area (Å²) in [5.74, 6) is 2.61. The van der Waals surface area contributed by atoms with E-state index in [0.29, 0.717) is 18.2 Å². The highest BCUT2D eigenvalue weighted by molar-refractivity contribution is 5.76. The van der Waals surface area contributed by atoms with Crippen LogP contribution >= 0.6 is 0 Å². The van der Waals surface area contributed by atoms with Crippen molar-refractivity contribution in [2.45, 2.75) is 38.5 Å². The van der Waals surface area contributed by atoms with Crippen molar-refractivity contribution in [2.24, 2.45) is 17.8 Å². The molecule has 0 aromatic rings. The fourth-order valence-electron chi connectivity index (χ4n) is 4.24. The second-order valence-electron chi connectivity index (χ2n) is 7.29. The monoisotopic (exact) mass is 294 g/mol. The Hall–Kier alpha value is -0.610. The van der Waals surface area contributed by atoms with Gasteiger partial charge in [-0.05, 0) is 70.0 Å². The molecular formula is C17H30N2O2. The number of likely N-dealkylation sites (tertiary alicyclic amines) is 2. The predicted molar refractivity (Wildman–Crippen MR) is 83.1 cm³/mol. The highest BCUT2D eigenvalue weighted by atomic mass is 16.5. The van der Waals surface area contributed by atoms with Crippen LogP contribution in [0, 0.1) is 17.8 Å². The molecule has 4 nitrogen and oxygen atoms in total. The number of carbonyl (C=O) groups excluding carboxylic acids is 1. The fourth-order valence-corrected chi connectivity index (χ4v) is 4.24. The van der Waals surface area contributed by atoms with Gasteiger partial charge >= 0.3 is 0 Å². The number of rotatable bonds is 3. The van der Waals surface area contributed by atoms with Crippen molar-refractivity contribution in [1.29, 1.82) is 0 Å². The van der Waals surface area contributed by atoms with Gasteiger partial charge in [-0.1, -0.05) is 0 Å². The summed E-state index contributed by atoms with van der Waals surface area (Å²) in [5.41, 5.74) is 0. The van der Waals surface area contributed by atoms with Crippen LogP contribution in [0.1, 0.15) is 38.5 Å². The minimum absolute atomic E-state index is 0.368. The van der Waals surface area contributed by atoms with Crippen LogP contribution in [0.2, 0.25) is 0 Å². The third-order valence-corrected chi connectivity index (χ3v) is 5.81. The van der Waals surface area contributed by atoms with Crippen LogP contribution in [0.3, 0.4) is 0 Å². The van der Waals surface area contributed by atoms with Gasteiger partial charge in [0.15, 0.2) is 0 Å². The van der Waals surface area contributed by atoms with Crippen LogP contribution < -0.4 is 0 Å². The molecular weight excluding hydrogens is 264 g/mol. The van der Waals surface area contributed by atoms with Crippen molar-refractivity contribution in [2.75, 3.05) is 46.4 Å². The van der Waals surface area contributed by atoms with Crippen molar-refractivity contribution in [3.8, 4) is 0 Å². The third-order valence-electron chi connectivity index (χ3n) is 5.81. The zero-order chi connectivity index (χ0) is 14.7. The first-order valence-electron chi connectivity index (χ1n) is 8.76. The van der Waals surface area contributed by atoms with E-state index in [-0.39, 0.29) is 0 Å². The lowest BCUT2D eigenvalue weighted by Gasteiger charge is -2.39. The average Bonchev–Trinajstić information content (AvgIpc) is 3.01. The molecule has 120 valence electrons. The second-order valence-corrected chi connectivity index (χ2v) is 7.29. The van der Waals surface area contributed by atoms with Gasteiger partial charge in [-0.25, -0.2) is 0 Å². The third kappa shape index (κ3) is 3.98. The molecule has 3 fully saturated rings. The van der Waals surface area contributed by atoms with E-state index in [1.54, 1.807) is 0 Å². The number of amides is 1. The molecule has 3 aliphatic rings. The first-order chi connectivity index (χ1) is 10.2. The lowest BCUT2D eigenvalue weighted by atomic mass is 9.79. The molecule has 3 rings (SSSR count). The summed E-state index contributed by atoms with van der Waals surface area (Å²) in [6.07, 6.45) is 6.93. The molecule has 0 aromatic heterocycles. The molecule has 21 heavy (non-hydrogen) atoms. The van der Waals surface area contributed by atoms with E-state index >= 15 is 0 Å². The largest absolute Gasteiger partial charge is 0.381 e. The van der Waals surface area contributed by atoms with Crippen molar-refractivity contribution in [1.82, 2.24) is 9.80 Å². The number of piperidine rings is 2. The molecule has 0 bridgehead atoms. The van der Waals surface area contributed by atoms with Crippen LogP contribution in [-0.4, -0.2) is 62.1 Å². The summed E-state index contributed by atoms with van der Waals surface area (Å²) >= 11 is 0. The van der Waals surface area contributed by atoms with Gasteiger partial charge in [-0.15, -0.1) is 0 Å². The minimum Gasteiger partial charge on any atom is -0.381 e. The molecule has 1 amide bonds.